The summed E-state index contributed by atoms with van der Waals surface area (Å²) in [5, 5.41) is 3.04. The minimum Gasteiger partial charge on any atom is -0.381 e. The van der Waals surface area contributed by atoms with Crippen LogP contribution in [0.15, 0.2) is 48.7 Å². The van der Waals surface area contributed by atoms with Gasteiger partial charge >= 0.3 is 0 Å². The molecule has 1 aliphatic rings. The molecule has 0 aliphatic carbocycles. The van der Waals surface area contributed by atoms with Crippen LogP contribution in [-0.2, 0) is 4.74 Å². The number of aromatic nitrogens is 2. The maximum absolute atomic E-state index is 13.2. The first-order valence-corrected chi connectivity index (χ1v) is 8.34. The minimum absolute atomic E-state index is 0.103. The number of pyridine rings is 1. The van der Waals surface area contributed by atoms with Crippen molar-refractivity contribution in [2.45, 2.75) is 18.9 Å². The molecule has 0 radical (unpaired) electrons. The number of nitrogens with one attached hydrogen (secondary N) is 1. The van der Waals surface area contributed by atoms with Gasteiger partial charge in [-0.1, -0.05) is 6.07 Å². The largest absolute Gasteiger partial charge is 0.381 e. The van der Waals surface area contributed by atoms with Crippen LogP contribution < -0.4 is 5.32 Å². The Morgan fingerprint density at radius 3 is 2.68 bits per heavy atom. The molecule has 4 rings (SSSR count). The zero-order chi connectivity index (χ0) is 17.2. The first-order valence-electron chi connectivity index (χ1n) is 8.34. The first kappa shape index (κ1) is 15.8. The third kappa shape index (κ3) is 3.13. The predicted molar refractivity (Wildman–Crippen MR) is 91.9 cm³/mol. The van der Waals surface area contributed by atoms with E-state index in [4.69, 9.17) is 4.74 Å². The van der Waals surface area contributed by atoms with E-state index in [1.165, 1.54) is 12.1 Å². The summed E-state index contributed by atoms with van der Waals surface area (Å²) < 4.78 is 20.3. The van der Waals surface area contributed by atoms with Crippen LogP contribution in [0.1, 0.15) is 23.5 Å². The zero-order valence-corrected chi connectivity index (χ0v) is 13.6. The van der Waals surface area contributed by atoms with Crippen molar-refractivity contribution < 1.29 is 13.9 Å². The van der Waals surface area contributed by atoms with Gasteiger partial charge in [0.15, 0.2) is 0 Å². The van der Waals surface area contributed by atoms with Crippen LogP contribution in [0, 0.1) is 5.82 Å². The summed E-state index contributed by atoms with van der Waals surface area (Å²) in [4.78, 5) is 17.3. The third-order valence-electron chi connectivity index (χ3n) is 4.43. The number of hydrogen-bond acceptors (Lipinski definition) is 3. The summed E-state index contributed by atoms with van der Waals surface area (Å²) in [6.07, 6.45) is 3.42. The predicted octanol–water partition coefficient (Wildman–Crippen LogP) is 3.05. The quantitative estimate of drug-likeness (QED) is 0.798. The maximum atomic E-state index is 13.2. The Morgan fingerprint density at radius 1 is 1.16 bits per heavy atom. The fraction of sp³-hybridized carbons (Fsp3) is 0.263. The number of amides is 1. The van der Waals surface area contributed by atoms with Gasteiger partial charge in [-0.05, 0) is 49.2 Å². The molecule has 1 N–H and O–H groups in total. The van der Waals surface area contributed by atoms with Crippen molar-refractivity contribution >= 4 is 11.4 Å². The second-order valence-corrected chi connectivity index (χ2v) is 6.11. The Kier molecular flexibility index (Phi) is 4.19. The van der Waals surface area contributed by atoms with Crippen LogP contribution in [0.25, 0.3) is 16.8 Å². The van der Waals surface area contributed by atoms with Crippen molar-refractivity contribution in [2.24, 2.45) is 0 Å². The number of hydrogen-bond donors (Lipinski definition) is 1. The highest BCUT2D eigenvalue weighted by Gasteiger charge is 2.22. The molecule has 0 bridgehead atoms. The van der Waals surface area contributed by atoms with Crippen molar-refractivity contribution in [2.75, 3.05) is 13.2 Å². The standard InChI is InChI=1S/C19H18FN3O2/c20-14-6-4-13(5-7-14)17-16-3-1-2-10-23(16)18(22-17)19(24)21-15-8-11-25-12-9-15/h1-7,10,15H,8-9,11-12H2,(H,21,24). The molecule has 1 aliphatic heterocycles. The molecule has 25 heavy (non-hydrogen) atoms. The summed E-state index contributed by atoms with van der Waals surface area (Å²) in [5.74, 6) is -0.173. The molecule has 5 nitrogen and oxygen atoms in total. The Balaban J connectivity index is 1.71. The van der Waals surface area contributed by atoms with Crippen molar-refractivity contribution in [3.63, 3.8) is 0 Å². The normalized spacial score (nSPS) is 15.4. The van der Waals surface area contributed by atoms with Crippen molar-refractivity contribution in [3.05, 3.63) is 60.3 Å². The number of rotatable bonds is 3. The molecule has 128 valence electrons. The smallest absolute Gasteiger partial charge is 0.287 e. The number of fused-ring (bicyclic) bond motifs is 1. The molecule has 6 heteroatoms. The van der Waals surface area contributed by atoms with E-state index in [-0.39, 0.29) is 17.8 Å². The summed E-state index contributed by atoms with van der Waals surface area (Å²) in [5.41, 5.74) is 2.25. The fourth-order valence-corrected chi connectivity index (χ4v) is 3.11. The molecular formula is C19H18FN3O2. The van der Waals surface area contributed by atoms with Crippen LogP contribution in [0.3, 0.4) is 0 Å². The van der Waals surface area contributed by atoms with Crippen LogP contribution in [0.4, 0.5) is 4.39 Å². The summed E-state index contributed by atoms with van der Waals surface area (Å²) in [7, 11) is 0. The number of halogens is 1. The Labute approximate surface area is 144 Å². The average molecular weight is 339 g/mol. The van der Waals surface area contributed by atoms with Gasteiger partial charge in [0.1, 0.15) is 5.82 Å². The Hall–Kier alpha value is -2.73. The molecule has 1 aromatic carbocycles. The van der Waals surface area contributed by atoms with E-state index >= 15 is 0 Å². The lowest BCUT2D eigenvalue weighted by molar-refractivity contribution is 0.0691. The van der Waals surface area contributed by atoms with Gasteiger partial charge in [0.25, 0.3) is 5.91 Å². The molecule has 3 aromatic rings. The van der Waals surface area contributed by atoms with E-state index in [0.717, 1.165) is 23.9 Å². The van der Waals surface area contributed by atoms with E-state index in [1.807, 2.05) is 24.4 Å². The lowest BCUT2D eigenvalue weighted by Crippen LogP contribution is -2.39. The number of carbonyl (C=O) groups is 1. The van der Waals surface area contributed by atoms with Gasteiger partial charge in [-0.15, -0.1) is 0 Å². The molecule has 2 aromatic heterocycles. The van der Waals surface area contributed by atoms with Crippen LogP contribution in [0.5, 0.6) is 0 Å². The highest BCUT2D eigenvalue weighted by atomic mass is 19.1. The molecule has 1 saturated heterocycles. The first-order chi connectivity index (χ1) is 12.2. The summed E-state index contributed by atoms with van der Waals surface area (Å²) in [6.45, 7) is 1.32. The van der Waals surface area contributed by atoms with Crippen LogP contribution in [-0.4, -0.2) is 34.5 Å². The lowest BCUT2D eigenvalue weighted by atomic mass is 10.1. The van der Waals surface area contributed by atoms with Crippen LogP contribution in [0.2, 0.25) is 0 Å². The second-order valence-electron chi connectivity index (χ2n) is 6.11. The zero-order valence-electron chi connectivity index (χ0n) is 13.6. The molecule has 1 fully saturated rings. The highest BCUT2D eigenvalue weighted by Crippen LogP contribution is 2.25. The number of ether oxygens (including phenoxy) is 1. The van der Waals surface area contributed by atoms with E-state index in [0.29, 0.717) is 24.7 Å². The fourth-order valence-electron chi connectivity index (χ4n) is 3.11. The van der Waals surface area contributed by atoms with Crippen molar-refractivity contribution in [1.82, 2.24) is 14.7 Å². The van der Waals surface area contributed by atoms with Crippen LogP contribution >= 0.6 is 0 Å². The van der Waals surface area contributed by atoms with E-state index < -0.39 is 0 Å². The van der Waals surface area contributed by atoms with E-state index in [1.54, 1.807) is 16.5 Å². The van der Waals surface area contributed by atoms with Gasteiger partial charge in [-0.2, -0.15) is 0 Å². The molecule has 0 saturated carbocycles. The second kappa shape index (κ2) is 6.64. The van der Waals surface area contributed by atoms with Crippen molar-refractivity contribution in [1.29, 1.82) is 0 Å². The number of nitrogens with zero attached hydrogens (tertiary/aromatic N) is 2. The summed E-state index contributed by atoms with van der Waals surface area (Å²) in [6, 6.07) is 11.9. The van der Waals surface area contributed by atoms with E-state index in [9.17, 15) is 9.18 Å². The molecule has 0 spiro atoms. The SMILES string of the molecule is O=C(NC1CCOCC1)c1nc(-c2ccc(F)cc2)c2ccccn12. The molecular weight excluding hydrogens is 321 g/mol. The van der Waals surface area contributed by atoms with Gasteiger partial charge < -0.3 is 10.1 Å². The topological polar surface area (TPSA) is 55.6 Å². The average Bonchev–Trinajstić information content (AvgIpc) is 3.03. The Morgan fingerprint density at radius 2 is 1.92 bits per heavy atom. The maximum Gasteiger partial charge on any atom is 0.287 e. The molecule has 0 unspecified atom stereocenters. The number of benzene rings is 1. The highest BCUT2D eigenvalue weighted by molar-refractivity contribution is 5.94. The molecule has 3 heterocycles. The van der Waals surface area contributed by atoms with Crippen molar-refractivity contribution in [3.8, 4) is 11.3 Å². The molecule has 0 atom stereocenters. The number of carbonyl (C=O) groups excluding carboxylic acids is 1. The monoisotopic (exact) mass is 339 g/mol. The van der Waals surface area contributed by atoms with Gasteiger partial charge in [0, 0.05) is 31.0 Å². The van der Waals surface area contributed by atoms with E-state index in [2.05, 4.69) is 10.3 Å². The molecule has 1 amide bonds. The lowest BCUT2D eigenvalue weighted by Gasteiger charge is -2.22. The van der Waals surface area contributed by atoms with Gasteiger partial charge in [-0.3, -0.25) is 9.20 Å². The van der Waals surface area contributed by atoms with Gasteiger partial charge in [-0.25, -0.2) is 9.37 Å². The third-order valence-corrected chi connectivity index (χ3v) is 4.43. The number of imidazole rings is 1. The summed E-state index contributed by atoms with van der Waals surface area (Å²) >= 11 is 0. The van der Waals surface area contributed by atoms with Gasteiger partial charge in [0.05, 0.1) is 11.2 Å². The van der Waals surface area contributed by atoms with Gasteiger partial charge in [0.2, 0.25) is 5.82 Å². The minimum atomic E-state index is -0.301. The Bertz CT molecular complexity index is 899.